The van der Waals surface area contributed by atoms with Crippen LogP contribution in [0.1, 0.15) is 119 Å². The summed E-state index contributed by atoms with van der Waals surface area (Å²) in [6, 6.07) is 11.9. The zero-order valence-electron chi connectivity index (χ0n) is 31.1. The predicted molar refractivity (Wildman–Crippen MR) is 195 cm³/mol. The lowest BCUT2D eigenvalue weighted by molar-refractivity contribution is -0.148. The number of ketones is 2. The Kier molecular flexibility index (Phi) is 8.05. The van der Waals surface area contributed by atoms with Crippen LogP contribution in [0.3, 0.4) is 0 Å². The van der Waals surface area contributed by atoms with Crippen LogP contribution in [-0.4, -0.2) is 48.8 Å². The van der Waals surface area contributed by atoms with Crippen molar-refractivity contribution in [3.63, 3.8) is 0 Å². The van der Waals surface area contributed by atoms with Crippen molar-refractivity contribution < 1.29 is 52.9 Å². The number of aryl methyl sites for hydroxylation is 1. The second-order valence-electron chi connectivity index (χ2n) is 17.0. The van der Waals surface area contributed by atoms with Crippen molar-refractivity contribution >= 4 is 35.9 Å². The molecule has 0 radical (unpaired) electrons. The molecule has 4 aliphatic heterocycles. The van der Waals surface area contributed by atoms with Crippen molar-refractivity contribution in [1.82, 2.24) is 0 Å². The standard InChI is InChI=1S/C41H44O7.H3O4P/c1-20(2)26-16-27-28(19-40-15-9-14-38(5,6)30(40)17-29(27)47-40)35-34(26)46-37-39(7,48-35)32-33(45-37)25-13-12-23-21(3)10-8-11-24(23)31(25)41(44,36(32)43)18-22(4)42;1-5(2,3)4/h8,10-13,16,20,29-30,37,44H,9,14-15,17-19H2,1-7H3;(H3,1,2,3,4)/t29-,30+,37-,39-,40+,41-;/m1./s1. The zero-order valence-corrected chi connectivity index (χ0v) is 32.0. The van der Waals surface area contributed by atoms with Gasteiger partial charge in [-0.15, -0.1) is 0 Å². The van der Waals surface area contributed by atoms with Gasteiger partial charge in [0.2, 0.25) is 11.4 Å². The van der Waals surface area contributed by atoms with E-state index >= 15 is 0 Å². The fourth-order valence-corrected chi connectivity index (χ4v) is 10.4. The Hall–Kier alpha value is -3.57. The van der Waals surface area contributed by atoms with Gasteiger partial charge in [0, 0.05) is 35.1 Å². The third-order valence-corrected chi connectivity index (χ3v) is 12.7. The molecule has 1 spiro atoms. The maximum atomic E-state index is 14.9. The minimum atomic E-state index is -4.64. The summed E-state index contributed by atoms with van der Waals surface area (Å²) in [7, 11) is -4.64. The number of carbonyl (C=O) groups is 2. The van der Waals surface area contributed by atoms with Gasteiger partial charge in [-0.2, -0.15) is 0 Å². The first kappa shape index (κ1) is 36.4. The highest BCUT2D eigenvalue weighted by molar-refractivity contribution is 7.45. The number of rotatable bonds is 3. The highest BCUT2D eigenvalue weighted by Crippen LogP contribution is 2.65. The van der Waals surface area contributed by atoms with Crippen LogP contribution < -0.4 is 9.47 Å². The maximum Gasteiger partial charge on any atom is 0.466 e. The SMILES string of the molecule is CC(=O)C[C@]1(O)C(=O)C2=C(O[C@@H]3Oc4c(C(C)C)cc5c(c4O[C@]23C)C[C@@]23CCCC(C)(C)[C@@H]2C[C@H]5O3)c2ccc3c(C)cccc3c21.O=P(O)(O)O. The number of ether oxygens (including phenoxy) is 4. The molecule has 6 atom stereocenters. The molecule has 0 amide bonds. The molecule has 2 aliphatic carbocycles. The lowest BCUT2D eigenvalue weighted by atomic mass is 9.60. The van der Waals surface area contributed by atoms with Gasteiger partial charge in [-0.25, -0.2) is 4.57 Å². The number of carbonyl (C=O) groups excluding carboxylic acids is 2. The maximum absolute atomic E-state index is 14.9. The van der Waals surface area contributed by atoms with Gasteiger partial charge >= 0.3 is 7.82 Å². The Morgan fingerprint density at radius 3 is 2.42 bits per heavy atom. The van der Waals surface area contributed by atoms with Crippen LogP contribution in [0.4, 0.5) is 0 Å². The molecule has 4 heterocycles. The third-order valence-electron chi connectivity index (χ3n) is 12.7. The average molecular weight is 747 g/mol. The number of benzene rings is 3. The highest BCUT2D eigenvalue weighted by Gasteiger charge is 2.65. The number of aliphatic hydroxyl groups is 1. The molecule has 0 unspecified atom stereocenters. The van der Waals surface area contributed by atoms with Crippen molar-refractivity contribution in [3.8, 4) is 11.5 Å². The van der Waals surface area contributed by atoms with E-state index in [1.807, 2.05) is 44.2 Å². The molecule has 4 N–H and O–H groups in total. The Morgan fingerprint density at radius 1 is 1.02 bits per heavy atom. The van der Waals surface area contributed by atoms with E-state index in [0.29, 0.717) is 34.3 Å². The topological polar surface area (TPSA) is 169 Å². The molecule has 6 aliphatic rings. The van der Waals surface area contributed by atoms with E-state index in [2.05, 4.69) is 33.8 Å². The summed E-state index contributed by atoms with van der Waals surface area (Å²) in [4.78, 5) is 49.2. The van der Waals surface area contributed by atoms with Gasteiger partial charge in [0.1, 0.15) is 11.5 Å². The summed E-state index contributed by atoms with van der Waals surface area (Å²) in [6.07, 6.45) is 3.68. The van der Waals surface area contributed by atoms with Gasteiger partial charge in [-0.1, -0.05) is 64.4 Å². The monoisotopic (exact) mass is 746 g/mol. The van der Waals surface area contributed by atoms with Crippen molar-refractivity contribution in [3.05, 3.63) is 75.4 Å². The fourth-order valence-electron chi connectivity index (χ4n) is 10.4. The molecular formula is C41H47O11P. The summed E-state index contributed by atoms with van der Waals surface area (Å²) >= 11 is 0. The smallest absolute Gasteiger partial charge is 0.466 e. The lowest BCUT2D eigenvalue weighted by Gasteiger charge is -2.49. The molecule has 282 valence electrons. The van der Waals surface area contributed by atoms with Crippen LogP contribution in [0.15, 0.2) is 42.0 Å². The van der Waals surface area contributed by atoms with Gasteiger partial charge < -0.3 is 38.7 Å². The zero-order chi connectivity index (χ0) is 38.2. The molecule has 1 saturated heterocycles. The van der Waals surface area contributed by atoms with E-state index in [1.165, 1.54) is 13.3 Å². The first-order chi connectivity index (χ1) is 24.7. The Morgan fingerprint density at radius 2 is 1.74 bits per heavy atom. The van der Waals surface area contributed by atoms with Gasteiger partial charge in [0.05, 0.1) is 17.3 Å². The molecule has 3 aromatic carbocycles. The number of hydrogen-bond donors (Lipinski definition) is 4. The van der Waals surface area contributed by atoms with Crippen LogP contribution in [-0.2, 0) is 35.6 Å². The largest absolute Gasteiger partial charge is 0.470 e. The number of Topliss-reactive ketones (excluding diaryl/α,β-unsaturated/α-hetero) is 2. The quantitative estimate of drug-likeness (QED) is 0.204. The summed E-state index contributed by atoms with van der Waals surface area (Å²) in [6.45, 7) is 14.3. The molecular weight excluding hydrogens is 699 g/mol. The Labute approximate surface area is 308 Å². The molecule has 1 saturated carbocycles. The molecule has 53 heavy (non-hydrogen) atoms. The van der Waals surface area contributed by atoms with Crippen molar-refractivity contribution in [2.45, 2.75) is 122 Å². The van der Waals surface area contributed by atoms with Crippen molar-refractivity contribution in [2.24, 2.45) is 11.3 Å². The minimum absolute atomic E-state index is 0.0248. The summed E-state index contributed by atoms with van der Waals surface area (Å²) < 4.78 is 36.5. The van der Waals surface area contributed by atoms with E-state index in [9.17, 15) is 14.7 Å². The summed E-state index contributed by atoms with van der Waals surface area (Å²) in [5.74, 6) is 1.38. The van der Waals surface area contributed by atoms with Crippen molar-refractivity contribution in [2.75, 3.05) is 0 Å². The molecule has 2 bridgehead atoms. The normalized spacial score (nSPS) is 31.5. The third kappa shape index (κ3) is 5.37. The molecule has 11 nitrogen and oxygen atoms in total. The van der Waals surface area contributed by atoms with E-state index in [4.69, 9.17) is 38.2 Å². The fraction of sp³-hybridized carbons (Fsp3) is 0.512. The summed E-state index contributed by atoms with van der Waals surface area (Å²) in [5, 5.41) is 14.1. The second kappa shape index (κ2) is 11.7. The van der Waals surface area contributed by atoms with Gasteiger partial charge in [0.15, 0.2) is 17.1 Å². The van der Waals surface area contributed by atoms with Crippen LogP contribution in [0, 0.1) is 18.3 Å². The number of hydrogen-bond acceptors (Lipinski definition) is 8. The van der Waals surface area contributed by atoms with E-state index in [1.54, 1.807) is 0 Å². The average Bonchev–Trinajstić information content (AvgIpc) is 3.53. The van der Waals surface area contributed by atoms with Gasteiger partial charge in [0.25, 0.3) is 6.29 Å². The molecule has 3 aromatic rings. The summed E-state index contributed by atoms with van der Waals surface area (Å²) in [5.41, 5.74) is 1.95. The van der Waals surface area contributed by atoms with Crippen LogP contribution in [0.25, 0.3) is 16.5 Å². The van der Waals surface area contributed by atoms with Crippen molar-refractivity contribution in [1.29, 1.82) is 0 Å². The highest BCUT2D eigenvalue weighted by atomic mass is 31.2. The first-order valence-corrected chi connectivity index (χ1v) is 20.0. The second-order valence-corrected chi connectivity index (χ2v) is 18.1. The van der Waals surface area contributed by atoms with Crippen LogP contribution in [0.2, 0.25) is 0 Å². The van der Waals surface area contributed by atoms with Crippen LogP contribution >= 0.6 is 7.82 Å². The predicted octanol–water partition coefficient (Wildman–Crippen LogP) is 6.97. The Bertz CT molecular complexity index is 2190. The molecule has 0 aromatic heterocycles. The first-order valence-electron chi connectivity index (χ1n) is 18.4. The Balaban J connectivity index is 0.000000752. The van der Waals surface area contributed by atoms with Gasteiger partial charge in [-0.3, -0.25) is 9.59 Å². The number of fused-ring (bicyclic) bond motifs is 11. The molecule has 2 fully saturated rings. The minimum Gasteiger partial charge on any atom is -0.470 e. The molecule has 12 heteroatoms. The van der Waals surface area contributed by atoms with E-state index in [0.717, 1.165) is 58.7 Å². The van der Waals surface area contributed by atoms with Crippen LogP contribution in [0.5, 0.6) is 11.5 Å². The van der Waals surface area contributed by atoms with E-state index < -0.39 is 31.1 Å². The number of phosphoric acid groups is 1. The van der Waals surface area contributed by atoms with E-state index in [-0.39, 0.29) is 40.8 Å². The lowest BCUT2D eigenvalue weighted by Crippen LogP contribution is -2.55. The molecule has 9 rings (SSSR count). The van der Waals surface area contributed by atoms with Gasteiger partial charge in [-0.05, 0) is 85.3 Å².